The van der Waals surface area contributed by atoms with Gasteiger partial charge < -0.3 is 26.3 Å². The molecule has 0 unspecified atom stereocenters. The number of hydrogen-bond acceptors (Lipinski definition) is 6. The summed E-state index contributed by atoms with van der Waals surface area (Å²) in [4.78, 5) is 14.6. The third kappa shape index (κ3) is 6.45. The van der Waals surface area contributed by atoms with Crippen molar-refractivity contribution in [1.82, 2.24) is 31.7 Å². The minimum Gasteiger partial charge on any atom is -0.372 e. The second-order valence-corrected chi connectivity index (χ2v) is 10.0. The first-order valence-corrected chi connectivity index (χ1v) is 13.6. The van der Waals surface area contributed by atoms with Crippen LogP contribution in [0.1, 0.15) is 47.2 Å². The molecule has 38 heavy (non-hydrogen) atoms. The quantitative estimate of drug-likeness (QED) is 0.113. The second-order valence-electron chi connectivity index (χ2n) is 10.0. The number of fused-ring (bicyclic) bond motifs is 3. The molecule has 0 aliphatic carbocycles. The van der Waals surface area contributed by atoms with E-state index in [1.807, 2.05) is 24.3 Å². The molecule has 8 heteroatoms. The van der Waals surface area contributed by atoms with E-state index in [2.05, 4.69) is 44.5 Å². The normalized spacial score (nSPS) is 16.3. The number of amides is 1. The van der Waals surface area contributed by atoms with Gasteiger partial charge in [0.1, 0.15) is 0 Å². The van der Waals surface area contributed by atoms with Crippen molar-refractivity contribution in [3.63, 3.8) is 0 Å². The van der Waals surface area contributed by atoms with Crippen molar-refractivity contribution in [3.8, 4) is 0 Å². The van der Waals surface area contributed by atoms with Crippen molar-refractivity contribution in [1.29, 1.82) is 0 Å². The summed E-state index contributed by atoms with van der Waals surface area (Å²) < 4.78 is 0. The Bertz CT molecular complexity index is 1290. The third-order valence-electron chi connectivity index (χ3n) is 7.41. The van der Waals surface area contributed by atoms with E-state index in [9.17, 15) is 4.79 Å². The summed E-state index contributed by atoms with van der Waals surface area (Å²) in [6.07, 6.45) is 8.94. The monoisotopic (exact) mass is 514 g/mol. The molecule has 6 rings (SSSR count). The van der Waals surface area contributed by atoms with Gasteiger partial charge in [-0.05, 0) is 85.2 Å². The van der Waals surface area contributed by atoms with Gasteiger partial charge in [-0.25, -0.2) is 5.48 Å². The van der Waals surface area contributed by atoms with Crippen LogP contribution in [0.25, 0.3) is 17.0 Å². The Balaban J connectivity index is 0.000000273. The minimum absolute atomic E-state index is 0.536. The molecule has 4 heterocycles. The van der Waals surface area contributed by atoms with Crippen molar-refractivity contribution in [2.45, 2.75) is 45.2 Å². The molecule has 8 nitrogen and oxygen atoms in total. The standard InChI is InChI=1S/C23H26N4O2.C7H12N2/c28-22(27-29)9-8-16-4-6-17(7-5-16)14-24-12-10-18-2-1-3-20-23(18)19-11-13-25-15-21(19)26-20;1-2-6-3-5-9-7(6)8-4-1/h1-9,24-26,29H,10-15H2,(H,27,28);8-9H,1-5H2/b9-8+;. The van der Waals surface area contributed by atoms with Gasteiger partial charge in [0.05, 0.1) is 5.82 Å². The molecule has 7 N–H and O–H groups in total. The maximum atomic E-state index is 11.0. The van der Waals surface area contributed by atoms with E-state index in [1.54, 1.807) is 17.1 Å². The fourth-order valence-electron chi connectivity index (χ4n) is 5.46. The van der Waals surface area contributed by atoms with Gasteiger partial charge in [-0.2, -0.15) is 0 Å². The lowest BCUT2D eigenvalue weighted by molar-refractivity contribution is -0.124. The van der Waals surface area contributed by atoms with Crippen LogP contribution in [0, 0.1) is 0 Å². The maximum absolute atomic E-state index is 11.0. The van der Waals surface area contributed by atoms with Crippen molar-refractivity contribution in [3.05, 3.63) is 87.9 Å². The van der Waals surface area contributed by atoms with Crippen molar-refractivity contribution >= 4 is 22.9 Å². The largest absolute Gasteiger partial charge is 0.372 e. The van der Waals surface area contributed by atoms with Gasteiger partial charge in [-0.15, -0.1) is 0 Å². The number of nitrogens with one attached hydrogen (secondary N) is 6. The minimum atomic E-state index is -0.536. The predicted molar refractivity (Wildman–Crippen MR) is 151 cm³/mol. The molecule has 1 aromatic heterocycles. The van der Waals surface area contributed by atoms with E-state index in [-0.39, 0.29) is 0 Å². The van der Waals surface area contributed by atoms with E-state index in [0.29, 0.717) is 0 Å². The van der Waals surface area contributed by atoms with Crippen LogP contribution in [0.2, 0.25) is 0 Å². The van der Waals surface area contributed by atoms with Crippen LogP contribution in [0.15, 0.2) is 59.9 Å². The molecule has 0 fully saturated rings. The van der Waals surface area contributed by atoms with Crippen LogP contribution in [0.5, 0.6) is 0 Å². The lowest BCUT2D eigenvalue weighted by Gasteiger charge is -2.15. The number of hydrogen-bond donors (Lipinski definition) is 7. The van der Waals surface area contributed by atoms with E-state index < -0.39 is 5.91 Å². The highest BCUT2D eigenvalue weighted by Crippen LogP contribution is 2.28. The topological polar surface area (TPSA) is 113 Å². The summed E-state index contributed by atoms with van der Waals surface area (Å²) in [5.41, 5.74) is 10.8. The average molecular weight is 515 g/mol. The van der Waals surface area contributed by atoms with Crippen molar-refractivity contribution < 1.29 is 10.0 Å². The fourth-order valence-corrected chi connectivity index (χ4v) is 5.46. The first-order chi connectivity index (χ1) is 18.7. The van der Waals surface area contributed by atoms with Crippen LogP contribution in [-0.4, -0.2) is 42.3 Å². The Morgan fingerprint density at radius 1 is 1.00 bits per heavy atom. The smallest absolute Gasteiger partial charge is 0.267 e. The molecule has 3 aromatic rings. The van der Waals surface area contributed by atoms with E-state index in [1.165, 1.54) is 64.4 Å². The first kappa shape index (κ1) is 26.0. The second kappa shape index (κ2) is 12.8. The van der Waals surface area contributed by atoms with Gasteiger partial charge in [0.2, 0.25) is 0 Å². The molecule has 3 aliphatic heterocycles. The molecule has 0 bridgehead atoms. The number of rotatable bonds is 7. The number of hydroxylamine groups is 1. The average Bonchev–Trinajstić information content (AvgIpc) is 3.60. The predicted octanol–water partition coefficient (Wildman–Crippen LogP) is 3.24. The van der Waals surface area contributed by atoms with Gasteiger partial charge >= 0.3 is 0 Å². The zero-order valence-electron chi connectivity index (χ0n) is 21.8. The summed E-state index contributed by atoms with van der Waals surface area (Å²) in [5, 5.41) is 23.5. The molecule has 0 radical (unpaired) electrons. The number of benzene rings is 2. The molecule has 3 aliphatic rings. The highest BCUT2D eigenvalue weighted by atomic mass is 16.5. The van der Waals surface area contributed by atoms with Gasteiger partial charge in [0, 0.05) is 48.9 Å². The summed E-state index contributed by atoms with van der Waals surface area (Å²) >= 11 is 0. The molecule has 1 amide bonds. The number of aromatic amines is 1. The van der Waals surface area contributed by atoms with Gasteiger partial charge in [-0.1, -0.05) is 36.4 Å². The lowest BCUT2D eigenvalue weighted by atomic mass is 9.99. The van der Waals surface area contributed by atoms with Gasteiger partial charge in [0.25, 0.3) is 5.91 Å². The molecule has 0 spiro atoms. The number of H-pyrrole nitrogens is 1. The van der Waals surface area contributed by atoms with Crippen LogP contribution < -0.4 is 26.7 Å². The van der Waals surface area contributed by atoms with Crippen molar-refractivity contribution in [2.75, 3.05) is 26.2 Å². The van der Waals surface area contributed by atoms with Crippen LogP contribution >= 0.6 is 0 Å². The zero-order valence-corrected chi connectivity index (χ0v) is 21.8. The summed E-state index contributed by atoms with van der Waals surface area (Å²) in [5.74, 6) is 0.798. The highest BCUT2D eigenvalue weighted by Gasteiger charge is 2.17. The van der Waals surface area contributed by atoms with Gasteiger partial charge in [-0.3, -0.25) is 10.0 Å². The first-order valence-electron chi connectivity index (χ1n) is 13.6. The molecular weight excluding hydrogens is 476 g/mol. The Morgan fingerprint density at radius 2 is 1.87 bits per heavy atom. The molecule has 2 aromatic carbocycles. The van der Waals surface area contributed by atoms with E-state index in [4.69, 9.17) is 5.21 Å². The zero-order chi connectivity index (χ0) is 26.2. The number of aromatic nitrogens is 1. The number of carbonyl (C=O) groups excluding carboxylic acids is 1. The maximum Gasteiger partial charge on any atom is 0.267 e. The summed E-state index contributed by atoms with van der Waals surface area (Å²) in [6.45, 7) is 5.99. The summed E-state index contributed by atoms with van der Waals surface area (Å²) in [7, 11) is 0. The van der Waals surface area contributed by atoms with Crippen LogP contribution in [0.3, 0.4) is 0 Å². The molecule has 0 atom stereocenters. The molecule has 0 saturated heterocycles. The highest BCUT2D eigenvalue weighted by molar-refractivity contribution is 5.90. The van der Waals surface area contributed by atoms with E-state index in [0.717, 1.165) is 57.7 Å². The number of carbonyl (C=O) groups is 1. The molecule has 200 valence electrons. The molecular formula is C30H38N6O2. The van der Waals surface area contributed by atoms with Gasteiger partial charge in [0.15, 0.2) is 0 Å². The Hall–Kier alpha value is -3.59. The Morgan fingerprint density at radius 3 is 2.71 bits per heavy atom. The SMILES string of the molecule is C1CNC2=C(C1)CCN2.O=C(/C=C/c1ccc(CNCCc2cccc3[nH]c4c(c23)CCNC4)cc1)NO. The third-order valence-corrected chi connectivity index (χ3v) is 7.41. The summed E-state index contributed by atoms with van der Waals surface area (Å²) in [6, 6.07) is 14.5. The Kier molecular flexibility index (Phi) is 8.75. The van der Waals surface area contributed by atoms with Crippen LogP contribution in [0.4, 0.5) is 0 Å². The lowest BCUT2D eigenvalue weighted by Crippen LogP contribution is -2.26. The van der Waals surface area contributed by atoms with E-state index >= 15 is 0 Å². The Labute approximate surface area is 223 Å². The fraction of sp³-hybridized carbons (Fsp3) is 0.367. The van der Waals surface area contributed by atoms with Crippen molar-refractivity contribution in [2.24, 2.45) is 0 Å². The van der Waals surface area contributed by atoms with Crippen LogP contribution in [-0.2, 0) is 30.7 Å². The molecule has 0 saturated carbocycles.